The minimum Gasteiger partial charge on any atom is -0.508 e. The summed E-state index contributed by atoms with van der Waals surface area (Å²) < 4.78 is 5.22. The lowest BCUT2D eigenvalue weighted by molar-refractivity contribution is -0.120. The number of benzene rings is 2. The highest BCUT2D eigenvalue weighted by Gasteiger charge is 2.12. The second kappa shape index (κ2) is 15.6. The molecule has 2 atom stereocenters. The molecule has 36 heavy (non-hydrogen) atoms. The molecule has 0 bridgehead atoms. The van der Waals surface area contributed by atoms with Gasteiger partial charge in [-0.25, -0.2) is 0 Å². The molecular formula is C29H38N2O5. The Balaban J connectivity index is 1.76. The van der Waals surface area contributed by atoms with Crippen molar-refractivity contribution >= 4 is 5.91 Å². The lowest BCUT2D eigenvalue weighted by atomic mass is 10.0. The number of phenolic OH excluding ortho intramolecular Hbond substituents is 2. The minimum atomic E-state index is -0.865. The summed E-state index contributed by atoms with van der Waals surface area (Å²) in [5.74, 6) is -0.259. The third-order valence-electron chi connectivity index (χ3n) is 5.38. The Bertz CT molecular complexity index is 1030. The second-order valence-corrected chi connectivity index (χ2v) is 8.69. The predicted octanol–water partition coefficient (Wildman–Crippen LogP) is 3.72. The van der Waals surface area contributed by atoms with E-state index in [0.717, 1.165) is 16.7 Å². The molecule has 7 heteroatoms. The van der Waals surface area contributed by atoms with Crippen LogP contribution in [-0.2, 0) is 22.4 Å². The van der Waals surface area contributed by atoms with Gasteiger partial charge in [-0.15, -0.1) is 0 Å². The average Bonchev–Trinajstić information content (AvgIpc) is 2.83. The number of carbonyl (C=O) groups excluding carboxylic acids is 1. The van der Waals surface area contributed by atoms with Crippen molar-refractivity contribution in [3.8, 4) is 11.5 Å². The molecule has 0 aliphatic carbocycles. The summed E-state index contributed by atoms with van der Waals surface area (Å²) in [6.45, 7) is 9.83. The van der Waals surface area contributed by atoms with Gasteiger partial charge in [-0.3, -0.25) is 4.79 Å². The second-order valence-electron chi connectivity index (χ2n) is 8.69. The van der Waals surface area contributed by atoms with Crippen LogP contribution in [0.5, 0.6) is 11.5 Å². The lowest BCUT2D eigenvalue weighted by Crippen LogP contribution is -2.32. The van der Waals surface area contributed by atoms with Crippen molar-refractivity contribution in [1.29, 1.82) is 0 Å². The topological polar surface area (TPSA) is 111 Å². The minimum absolute atomic E-state index is 0.0623. The van der Waals surface area contributed by atoms with Gasteiger partial charge in [-0.05, 0) is 54.7 Å². The highest BCUT2D eigenvalue weighted by Crippen LogP contribution is 2.24. The molecule has 0 heterocycles. The molecule has 194 valence electrons. The Hall–Kier alpha value is -3.39. The Morgan fingerprint density at radius 2 is 1.83 bits per heavy atom. The Morgan fingerprint density at radius 1 is 1.11 bits per heavy atom. The van der Waals surface area contributed by atoms with E-state index in [1.165, 1.54) is 18.2 Å². The van der Waals surface area contributed by atoms with Crippen LogP contribution in [-0.4, -0.2) is 53.6 Å². The quantitative estimate of drug-likeness (QED) is 0.191. The van der Waals surface area contributed by atoms with E-state index in [9.17, 15) is 20.1 Å². The van der Waals surface area contributed by atoms with E-state index in [4.69, 9.17) is 4.74 Å². The molecule has 0 spiro atoms. The van der Waals surface area contributed by atoms with Gasteiger partial charge in [0.05, 0.1) is 19.1 Å². The molecular weight excluding hydrogens is 456 g/mol. The number of phenols is 2. The van der Waals surface area contributed by atoms with Gasteiger partial charge in [-0.2, -0.15) is 0 Å². The third-order valence-corrected chi connectivity index (χ3v) is 5.38. The first-order chi connectivity index (χ1) is 17.3. The highest BCUT2D eigenvalue weighted by atomic mass is 16.5. The first-order valence-corrected chi connectivity index (χ1v) is 12.1. The molecule has 0 unspecified atom stereocenters. The number of nitrogens with one attached hydrogen (secondary N) is 2. The van der Waals surface area contributed by atoms with E-state index in [0.29, 0.717) is 31.7 Å². The van der Waals surface area contributed by atoms with Gasteiger partial charge < -0.3 is 30.7 Å². The van der Waals surface area contributed by atoms with Crippen molar-refractivity contribution in [1.82, 2.24) is 10.6 Å². The summed E-state index contributed by atoms with van der Waals surface area (Å²) in [4.78, 5) is 12.4. The molecule has 2 aromatic carbocycles. The Labute approximate surface area is 213 Å². The zero-order valence-corrected chi connectivity index (χ0v) is 21.1. The molecule has 2 rings (SSSR count). The summed E-state index contributed by atoms with van der Waals surface area (Å²) in [7, 11) is 0. The summed E-state index contributed by atoms with van der Waals surface area (Å²) in [5, 5.41) is 35.7. The molecule has 0 saturated heterocycles. The predicted molar refractivity (Wildman–Crippen MR) is 143 cm³/mol. The van der Waals surface area contributed by atoms with Crippen LogP contribution in [0.3, 0.4) is 0 Å². The molecule has 2 aromatic rings. The van der Waals surface area contributed by atoms with Crippen molar-refractivity contribution in [2.75, 3.05) is 26.3 Å². The number of aliphatic hydroxyl groups excluding tert-OH is 1. The largest absolute Gasteiger partial charge is 0.508 e. The molecule has 1 amide bonds. The Kier molecular flexibility index (Phi) is 12.5. The van der Waals surface area contributed by atoms with E-state index >= 15 is 0 Å². The zero-order chi connectivity index (χ0) is 26.3. The molecule has 0 aromatic heterocycles. The summed E-state index contributed by atoms with van der Waals surface area (Å²) in [6.07, 6.45) is 7.67. The SMILES string of the molecule is C=C(/C=C\C=C/COCC)CNC(=O)Cc1cccc(C[C@@H](C)NC[C@H](O)c2cc(O)cc(O)c2)c1. The monoisotopic (exact) mass is 494 g/mol. The molecule has 7 nitrogen and oxygen atoms in total. The van der Waals surface area contributed by atoms with Gasteiger partial charge in [0.1, 0.15) is 11.5 Å². The number of ether oxygens (including phenoxy) is 1. The van der Waals surface area contributed by atoms with Gasteiger partial charge >= 0.3 is 0 Å². The molecule has 0 saturated carbocycles. The normalized spacial score (nSPS) is 13.2. The van der Waals surface area contributed by atoms with Crippen LogP contribution in [0, 0.1) is 0 Å². The number of hydrogen-bond donors (Lipinski definition) is 5. The van der Waals surface area contributed by atoms with E-state index in [2.05, 4.69) is 17.2 Å². The van der Waals surface area contributed by atoms with Crippen molar-refractivity contribution in [2.24, 2.45) is 0 Å². The van der Waals surface area contributed by atoms with Gasteiger partial charge in [0, 0.05) is 31.8 Å². The number of carbonyl (C=O) groups is 1. The van der Waals surface area contributed by atoms with E-state index < -0.39 is 6.10 Å². The number of aromatic hydroxyl groups is 2. The van der Waals surface area contributed by atoms with Crippen molar-refractivity contribution < 1.29 is 24.9 Å². The standard InChI is InChI=1S/C29H38N2O5/c1-4-36-12-7-5-6-9-21(2)19-31-29(35)15-24-11-8-10-23(14-24)13-22(3)30-20-28(34)25-16-26(32)18-27(33)17-25/h5-11,14,16-18,22,28,30,32-34H,2,4,12-13,15,19-20H2,1,3H3,(H,31,35)/b7-5-,9-6-/t22-,28+/m1/s1. The van der Waals surface area contributed by atoms with Crippen molar-refractivity contribution in [2.45, 2.75) is 38.8 Å². The van der Waals surface area contributed by atoms with Crippen LogP contribution in [0.15, 0.2) is 78.9 Å². The van der Waals surface area contributed by atoms with Crippen LogP contribution < -0.4 is 10.6 Å². The summed E-state index contributed by atoms with van der Waals surface area (Å²) >= 11 is 0. The third kappa shape index (κ3) is 11.4. The average molecular weight is 495 g/mol. The lowest BCUT2D eigenvalue weighted by Gasteiger charge is -2.18. The van der Waals surface area contributed by atoms with Crippen LogP contribution >= 0.6 is 0 Å². The highest BCUT2D eigenvalue weighted by molar-refractivity contribution is 5.78. The number of allylic oxidation sites excluding steroid dienone is 2. The number of amides is 1. The number of hydrogen-bond acceptors (Lipinski definition) is 6. The van der Waals surface area contributed by atoms with Gasteiger partial charge in [0.2, 0.25) is 5.91 Å². The molecule has 0 aliphatic heterocycles. The fourth-order valence-corrected chi connectivity index (χ4v) is 3.56. The van der Waals surface area contributed by atoms with Crippen LogP contribution in [0.1, 0.15) is 36.6 Å². The summed E-state index contributed by atoms with van der Waals surface area (Å²) in [5.41, 5.74) is 3.25. The van der Waals surface area contributed by atoms with Crippen molar-refractivity contribution in [3.63, 3.8) is 0 Å². The molecule has 0 radical (unpaired) electrons. The van der Waals surface area contributed by atoms with Crippen molar-refractivity contribution in [3.05, 3.63) is 95.6 Å². The fourth-order valence-electron chi connectivity index (χ4n) is 3.56. The summed E-state index contributed by atoms with van der Waals surface area (Å²) in [6, 6.07) is 12.0. The van der Waals surface area contributed by atoms with E-state index in [1.54, 1.807) is 0 Å². The maximum Gasteiger partial charge on any atom is 0.224 e. The van der Waals surface area contributed by atoms with E-state index in [1.807, 2.05) is 62.4 Å². The van der Waals surface area contributed by atoms with Gasteiger partial charge in [0.25, 0.3) is 0 Å². The molecule has 0 fully saturated rings. The van der Waals surface area contributed by atoms with Crippen LogP contribution in [0.25, 0.3) is 0 Å². The molecule has 0 aliphatic rings. The fraction of sp³-hybridized carbons (Fsp3) is 0.345. The van der Waals surface area contributed by atoms with Crippen LogP contribution in [0.4, 0.5) is 0 Å². The first-order valence-electron chi connectivity index (χ1n) is 12.1. The maximum absolute atomic E-state index is 12.4. The smallest absolute Gasteiger partial charge is 0.224 e. The van der Waals surface area contributed by atoms with Gasteiger partial charge in [0.15, 0.2) is 0 Å². The Morgan fingerprint density at radius 3 is 2.56 bits per heavy atom. The maximum atomic E-state index is 12.4. The van der Waals surface area contributed by atoms with Gasteiger partial charge in [-0.1, -0.05) is 55.1 Å². The number of rotatable bonds is 15. The zero-order valence-electron chi connectivity index (χ0n) is 21.1. The number of aliphatic hydroxyl groups is 1. The first kappa shape index (κ1) is 28.8. The van der Waals surface area contributed by atoms with Crippen LogP contribution in [0.2, 0.25) is 0 Å². The molecule has 5 N–H and O–H groups in total. The van der Waals surface area contributed by atoms with E-state index in [-0.39, 0.29) is 36.4 Å².